The minimum atomic E-state index is 0.0435. The van der Waals surface area contributed by atoms with E-state index in [-0.39, 0.29) is 6.04 Å². The number of nitrogens with one attached hydrogen (secondary N) is 1. The molecule has 0 bridgehead atoms. The van der Waals surface area contributed by atoms with Gasteiger partial charge in [-0.15, -0.1) is 0 Å². The molecule has 1 heterocycles. The molecule has 0 saturated heterocycles. The molecule has 0 fully saturated rings. The van der Waals surface area contributed by atoms with Crippen molar-refractivity contribution in [2.75, 3.05) is 7.05 Å². The van der Waals surface area contributed by atoms with E-state index in [2.05, 4.69) is 35.6 Å². The fourth-order valence-electron chi connectivity index (χ4n) is 3.77. The molecule has 2 atom stereocenters. The Hall–Kier alpha value is -1.91. The Morgan fingerprint density at radius 3 is 2.75 bits per heavy atom. The minimum Gasteiger partial charge on any atom is -0.364 e. The van der Waals surface area contributed by atoms with E-state index in [9.17, 15) is 0 Å². The molecule has 0 aromatic heterocycles. The highest BCUT2D eigenvalue weighted by Gasteiger charge is 2.43. The Balaban J connectivity index is 1.84. The largest absolute Gasteiger partial charge is 0.364 e. The van der Waals surface area contributed by atoms with Crippen LogP contribution >= 0.6 is 23.8 Å². The molecule has 3 nitrogen and oxygen atoms in total. The molecule has 0 saturated carbocycles. The number of hydrazone groups is 1. The van der Waals surface area contributed by atoms with Gasteiger partial charge >= 0.3 is 0 Å². The fourth-order valence-corrected chi connectivity index (χ4v) is 4.17. The summed E-state index contributed by atoms with van der Waals surface area (Å²) in [6.07, 6.45) is 2.11. The predicted octanol–water partition coefficient (Wildman–Crippen LogP) is 4.17. The second kappa shape index (κ2) is 6.19. The zero-order chi connectivity index (χ0) is 16.7. The molecule has 2 aromatic rings. The average molecular weight is 356 g/mol. The summed E-state index contributed by atoms with van der Waals surface area (Å²) in [5, 5.41) is 11.3. The lowest BCUT2D eigenvalue weighted by atomic mass is 9.77. The molecule has 0 radical (unpaired) electrons. The van der Waals surface area contributed by atoms with Gasteiger partial charge in [0.1, 0.15) is 0 Å². The number of rotatable bonds is 1. The summed E-state index contributed by atoms with van der Waals surface area (Å²) in [6, 6.07) is 16.6. The van der Waals surface area contributed by atoms with Crippen LogP contribution in [0.1, 0.15) is 29.2 Å². The highest BCUT2D eigenvalue weighted by molar-refractivity contribution is 7.80. The van der Waals surface area contributed by atoms with Crippen LogP contribution in [-0.2, 0) is 6.42 Å². The third kappa shape index (κ3) is 2.41. The van der Waals surface area contributed by atoms with Gasteiger partial charge in [-0.05, 0) is 42.3 Å². The molecule has 1 N–H and O–H groups in total. The Labute approximate surface area is 152 Å². The van der Waals surface area contributed by atoms with Gasteiger partial charge in [0.2, 0.25) is 0 Å². The van der Waals surface area contributed by atoms with Crippen molar-refractivity contribution in [3.05, 3.63) is 70.2 Å². The molecule has 4 rings (SSSR count). The summed E-state index contributed by atoms with van der Waals surface area (Å²) < 4.78 is 0. The van der Waals surface area contributed by atoms with Crippen molar-refractivity contribution in [3.8, 4) is 0 Å². The van der Waals surface area contributed by atoms with Crippen LogP contribution in [0.15, 0.2) is 53.6 Å². The summed E-state index contributed by atoms with van der Waals surface area (Å²) in [7, 11) is 1.84. The lowest BCUT2D eigenvalue weighted by molar-refractivity contribution is 0.305. The van der Waals surface area contributed by atoms with Gasteiger partial charge in [-0.1, -0.05) is 54.1 Å². The van der Waals surface area contributed by atoms with Crippen molar-refractivity contribution >= 4 is 34.6 Å². The van der Waals surface area contributed by atoms with Gasteiger partial charge in [0.15, 0.2) is 5.11 Å². The van der Waals surface area contributed by atoms with Gasteiger partial charge < -0.3 is 5.32 Å². The molecule has 0 spiro atoms. The van der Waals surface area contributed by atoms with Crippen molar-refractivity contribution in [2.45, 2.75) is 18.9 Å². The normalized spacial score (nSPS) is 21.8. The lowest BCUT2D eigenvalue weighted by Crippen LogP contribution is -2.37. The van der Waals surface area contributed by atoms with Crippen LogP contribution in [0.5, 0.6) is 0 Å². The Kier molecular flexibility index (Phi) is 4.02. The number of benzene rings is 2. The third-order valence-electron chi connectivity index (χ3n) is 4.88. The van der Waals surface area contributed by atoms with Crippen LogP contribution in [0.25, 0.3) is 0 Å². The number of nitrogens with zero attached hydrogens (tertiary/aromatic N) is 2. The summed E-state index contributed by atoms with van der Waals surface area (Å²) in [5.74, 6) is 0.297. The number of hydrogen-bond acceptors (Lipinski definition) is 2. The number of fused-ring (bicyclic) bond motifs is 3. The van der Waals surface area contributed by atoms with Crippen LogP contribution in [0.4, 0.5) is 0 Å². The molecule has 0 unspecified atom stereocenters. The van der Waals surface area contributed by atoms with Gasteiger partial charge in [-0.3, -0.25) is 0 Å². The molecular weight excluding hydrogens is 338 g/mol. The summed E-state index contributed by atoms with van der Waals surface area (Å²) in [4.78, 5) is 0. The van der Waals surface area contributed by atoms with Crippen LogP contribution < -0.4 is 5.32 Å². The predicted molar refractivity (Wildman–Crippen MR) is 102 cm³/mol. The first kappa shape index (κ1) is 15.6. The van der Waals surface area contributed by atoms with Gasteiger partial charge in [0.05, 0.1) is 11.8 Å². The van der Waals surface area contributed by atoms with Crippen molar-refractivity contribution in [3.63, 3.8) is 0 Å². The number of thiocarbonyl (C=S) groups is 1. The molecule has 2 aliphatic rings. The van der Waals surface area contributed by atoms with E-state index in [1.165, 1.54) is 11.1 Å². The number of halogens is 1. The second-order valence-corrected chi connectivity index (χ2v) is 6.95. The maximum atomic E-state index is 6.51. The molecule has 24 heavy (non-hydrogen) atoms. The van der Waals surface area contributed by atoms with Crippen LogP contribution in [0.3, 0.4) is 0 Å². The SMILES string of the molecule is CNC(=S)N1N=C2c3ccccc3CC[C@H]2[C@H]1c1ccccc1Cl. The zero-order valence-corrected chi connectivity index (χ0v) is 14.9. The second-order valence-electron chi connectivity index (χ2n) is 6.15. The first-order valence-electron chi connectivity index (χ1n) is 8.13. The highest BCUT2D eigenvalue weighted by Crippen LogP contribution is 2.44. The number of aryl methyl sites for hydroxylation is 1. The van der Waals surface area contributed by atoms with E-state index >= 15 is 0 Å². The monoisotopic (exact) mass is 355 g/mol. The molecule has 0 amide bonds. The van der Waals surface area contributed by atoms with Crippen molar-refractivity contribution in [2.24, 2.45) is 11.0 Å². The number of hydrogen-bond donors (Lipinski definition) is 1. The zero-order valence-electron chi connectivity index (χ0n) is 13.4. The lowest BCUT2D eigenvalue weighted by Gasteiger charge is -2.31. The van der Waals surface area contributed by atoms with Crippen LogP contribution in [0, 0.1) is 5.92 Å². The molecule has 1 aliphatic heterocycles. The Morgan fingerprint density at radius 2 is 1.96 bits per heavy atom. The van der Waals surface area contributed by atoms with E-state index in [0.29, 0.717) is 11.0 Å². The topological polar surface area (TPSA) is 27.6 Å². The fraction of sp³-hybridized carbons (Fsp3) is 0.263. The first-order valence-corrected chi connectivity index (χ1v) is 8.91. The molecule has 2 aromatic carbocycles. The van der Waals surface area contributed by atoms with Crippen molar-refractivity contribution in [1.82, 2.24) is 10.3 Å². The summed E-state index contributed by atoms with van der Waals surface area (Å²) >= 11 is 12.0. The van der Waals surface area contributed by atoms with Gasteiger partial charge in [0.25, 0.3) is 0 Å². The standard InChI is InChI=1S/C19H18ClN3S/c1-21-19(24)23-18(14-8-4-5-9-16(14)20)15-11-10-12-6-2-3-7-13(12)17(15)22-23/h2-9,15,18H,10-11H2,1H3,(H,21,24)/t15-,18-/m1/s1. The Morgan fingerprint density at radius 1 is 1.21 bits per heavy atom. The molecule has 1 aliphatic carbocycles. The summed E-state index contributed by atoms with van der Waals surface area (Å²) in [6.45, 7) is 0. The van der Waals surface area contributed by atoms with Crippen molar-refractivity contribution in [1.29, 1.82) is 0 Å². The van der Waals surface area contributed by atoms with E-state index in [0.717, 1.165) is 29.1 Å². The van der Waals surface area contributed by atoms with Crippen molar-refractivity contribution < 1.29 is 0 Å². The maximum Gasteiger partial charge on any atom is 0.189 e. The van der Waals surface area contributed by atoms with E-state index in [1.807, 2.05) is 30.3 Å². The first-order chi connectivity index (χ1) is 11.7. The van der Waals surface area contributed by atoms with Gasteiger partial charge in [-0.2, -0.15) is 5.10 Å². The molecule has 5 heteroatoms. The average Bonchev–Trinajstić information content (AvgIpc) is 3.01. The van der Waals surface area contributed by atoms with E-state index < -0.39 is 0 Å². The van der Waals surface area contributed by atoms with Gasteiger partial charge in [-0.25, -0.2) is 5.01 Å². The van der Waals surface area contributed by atoms with E-state index in [4.69, 9.17) is 28.9 Å². The molecular formula is C19H18ClN3S. The smallest absolute Gasteiger partial charge is 0.189 e. The summed E-state index contributed by atoms with van der Waals surface area (Å²) in [5.41, 5.74) is 4.81. The van der Waals surface area contributed by atoms with Crippen LogP contribution in [-0.4, -0.2) is 22.9 Å². The van der Waals surface area contributed by atoms with E-state index in [1.54, 1.807) is 0 Å². The quantitative estimate of drug-likeness (QED) is 0.778. The highest BCUT2D eigenvalue weighted by atomic mass is 35.5. The minimum absolute atomic E-state index is 0.0435. The van der Waals surface area contributed by atoms with Crippen LogP contribution in [0.2, 0.25) is 5.02 Å². The Bertz CT molecular complexity index is 833. The third-order valence-corrected chi connectivity index (χ3v) is 5.61. The molecule has 122 valence electrons. The van der Waals surface area contributed by atoms with Gasteiger partial charge in [0, 0.05) is 23.6 Å². The maximum absolute atomic E-state index is 6.51.